The monoisotopic (exact) mass is 382 g/mol. The molecule has 1 heterocycles. The van der Waals surface area contributed by atoms with Crippen molar-refractivity contribution in [2.24, 2.45) is 0 Å². The number of carboxylic acids is 1. The van der Waals surface area contributed by atoms with Crippen molar-refractivity contribution in [1.29, 1.82) is 0 Å². The highest BCUT2D eigenvalue weighted by atomic mass is 32.2. The first-order valence-corrected chi connectivity index (χ1v) is 8.65. The second-order valence-electron chi connectivity index (χ2n) is 5.69. The van der Waals surface area contributed by atoms with Crippen LogP contribution in [0.1, 0.15) is 12.5 Å². The quantitative estimate of drug-likeness (QED) is 0.695. The third kappa shape index (κ3) is 4.83. The number of carboxylic acid groups (broad SMARTS) is 1. The van der Waals surface area contributed by atoms with Crippen LogP contribution in [0.4, 0.5) is 18.9 Å². The summed E-state index contributed by atoms with van der Waals surface area (Å²) in [6, 6.07) is 0.976. The number of ether oxygens (including phenoxy) is 1. The number of alkyl halides is 3. The van der Waals surface area contributed by atoms with Crippen molar-refractivity contribution in [2.75, 3.05) is 25.5 Å². The molecule has 7 nitrogen and oxygen atoms in total. The Bertz CT molecular complexity index is 762. The van der Waals surface area contributed by atoms with Gasteiger partial charge in [-0.25, -0.2) is 8.42 Å². The molecule has 0 aliphatic carbocycles. The molecule has 2 atom stereocenters. The van der Waals surface area contributed by atoms with Gasteiger partial charge in [0, 0.05) is 19.3 Å². The second-order valence-corrected chi connectivity index (χ2v) is 7.73. The largest absolute Gasteiger partial charge is 0.480 e. The number of sulfonamides is 1. The summed E-state index contributed by atoms with van der Waals surface area (Å²) in [6.45, 7) is 1.64. The maximum absolute atomic E-state index is 13.1. The number of anilines is 1. The smallest absolute Gasteiger partial charge is 0.416 e. The fourth-order valence-corrected chi connectivity index (χ4v) is 3.32. The lowest BCUT2D eigenvalue weighted by Gasteiger charge is -2.19. The fourth-order valence-electron chi connectivity index (χ4n) is 2.05. The fraction of sp³-hybridized carbons (Fsp3) is 0.500. The topological polar surface area (TPSA) is 99.2 Å². The first-order chi connectivity index (χ1) is 11.4. The molecule has 0 radical (unpaired) electrons. The number of hydrogen-bond acceptors (Lipinski definition) is 5. The van der Waals surface area contributed by atoms with Crippen molar-refractivity contribution in [3.05, 3.63) is 23.8 Å². The van der Waals surface area contributed by atoms with Gasteiger partial charge in [-0.3, -0.25) is 4.79 Å². The SMILES string of the molecule is CC(Nc1cc(C(F)(F)F)cc(S(=O)(=O)N(C)CC2CO2)c1)C(=O)O. The van der Waals surface area contributed by atoms with Gasteiger partial charge in [0.1, 0.15) is 6.04 Å². The molecule has 0 aromatic heterocycles. The zero-order chi connectivity index (χ0) is 19.0. The Kier molecular flexibility index (Phi) is 5.30. The number of benzene rings is 1. The number of halogens is 3. The van der Waals surface area contributed by atoms with Crippen LogP contribution in [-0.4, -0.2) is 56.1 Å². The summed E-state index contributed by atoms with van der Waals surface area (Å²) in [5.41, 5.74) is -1.44. The van der Waals surface area contributed by atoms with Gasteiger partial charge in [0.05, 0.1) is 23.2 Å². The van der Waals surface area contributed by atoms with Crippen molar-refractivity contribution >= 4 is 21.7 Å². The van der Waals surface area contributed by atoms with Gasteiger partial charge in [-0.2, -0.15) is 17.5 Å². The van der Waals surface area contributed by atoms with Crippen molar-refractivity contribution in [2.45, 2.75) is 30.1 Å². The zero-order valence-corrected chi connectivity index (χ0v) is 14.2. The van der Waals surface area contributed by atoms with E-state index in [1.54, 1.807) is 0 Å². The van der Waals surface area contributed by atoms with E-state index in [0.717, 1.165) is 10.4 Å². The van der Waals surface area contributed by atoms with Crippen molar-refractivity contribution in [1.82, 2.24) is 4.31 Å². The van der Waals surface area contributed by atoms with Crippen LogP contribution < -0.4 is 5.32 Å². The highest BCUT2D eigenvalue weighted by molar-refractivity contribution is 7.89. The number of likely N-dealkylation sites (N-methyl/N-ethyl adjacent to an activating group) is 1. The lowest BCUT2D eigenvalue weighted by molar-refractivity contribution is -0.138. The Hall–Kier alpha value is -1.85. The van der Waals surface area contributed by atoms with E-state index in [2.05, 4.69) is 5.32 Å². The minimum atomic E-state index is -4.79. The molecule has 2 unspecified atom stereocenters. The van der Waals surface area contributed by atoms with Crippen LogP contribution in [-0.2, 0) is 25.7 Å². The average Bonchev–Trinajstić information content (AvgIpc) is 3.29. The average molecular weight is 382 g/mol. The maximum atomic E-state index is 13.1. The number of aliphatic carboxylic acids is 1. The Morgan fingerprint density at radius 1 is 1.44 bits per heavy atom. The number of carbonyl (C=O) groups is 1. The molecule has 1 fully saturated rings. The van der Waals surface area contributed by atoms with Gasteiger partial charge in [0.25, 0.3) is 0 Å². The molecule has 0 amide bonds. The molecule has 25 heavy (non-hydrogen) atoms. The Balaban J connectivity index is 2.43. The highest BCUT2D eigenvalue weighted by Crippen LogP contribution is 2.34. The van der Waals surface area contributed by atoms with Gasteiger partial charge in [0.15, 0.2) is 0 Å². The van der Waals surface area contributed by atoms with E-state index >= 15 is 0 Å². The first kappa shape index (κ1) is 19.5. The molecular formula is C14H17F3N2O5S. The molecule has 2 rings (SSSR count). The molecule has 1 aromatic rings. The third-order valence-electron chi connectivity index (χ3n) is 3.56. The summed E-state index contributed by atoms with van der Waals surface area (Å²) in [5.74, 6) is -1.29. The maximum Gasteiger partial charge on any atom is 0.416 e. The zero-order valence-electron chi connectivity index (χ0n) is 13.4. The van der Waals surface area contributed by atoms with Crippen LogP contribution >= 0.6 is 0 Å². The van der Waals surface area contributed by atoms with Crippen LogP contribution in [0.5, 0.6) is 0 Å². The summed E-state index contributed by atoms with van der Waals surface area (Å²) >= 11 is 0. The van der Waals surface area contributed by atoms with Gasteiger partial charge >= 0.3 is 12.1 Å². The Labute approximate surface area is 142 Å². The number of nitrogens with one attached hydrogen (secondary N) is 1. The van der Waals surface area contributed by atoms with Crippen LogP contribution in [0.3, 0.4) is 0 Å². The highest BCUT2D eigenvalue weighted by Gasteiger charge is 2.35. The molecule has 1 aliphatic heterocycles. The summed E-state index contributed by atoms with van der Waals surface area (Å²) in [5, 5.41) is 11.2. The Morgan fingerprint density at radius 3 is 2.52 bits per heavy atom. The molecule has 140 valence electrons. The van der Waals surface area contributed by atoms with Crippen LogP contribution in [0, 0.1) is 0 Å². The van der Waals surface area contributed by atoms with E-state index in [-0.39, 0.29) is 18.3 Å². The van der Waals surface area contributed by atoms with Crippen molar-refractivity contribution in [3.8, 4) is 0 Å². The van der Waals surface area contributed by atoms with E-state index in [1.165, 1.54) is 14.0 Å². The lowest BCUT2D eigenvalue weighted by atomic mass is 10.2. The first-order valence-electron chi connectivity index (χ1n) is 7.21. The lowest BCUT2D eigenvalue weighted by Crippen LogP contribution is -2.31. The van der Waals surface area contributed by atoms with E-state index < -0.39 is 38.7 Å². The standard InChI is InChI=1S/C14H17F3N2O5S/c1-8(13(20)21)18-10-3-9(14(15,16)17)4-12(5-10)25(22,23)19(2)6-11-7-24-11/h3-5,8,11,18H,6-7H2,1-2H3,(H,20,21). The van der Waals surface area contributed by atoms with Crippen LogP contribution in [0.2, 0.25) is 0 Å². The number of epoxide rings is 1. The minimum absolute atomic E-state index is 0.0207. The number of rotatable bonds is 7. The molecular weight excluding hydrogens is 365 g/mol. The summed E-state index contributed by atoms with van der Waals surface area (Å²) < 4.78 is 70.1. The number of nitrogens with zero attached hydrogens (tertiary/aromatic N) is 1. The molecule has 11 heteroatoms. The molecule has 0 saturated carbocycles. The van der Waals surface area contributed by atoms with Gasteiger partial charge in [-0.15, -0.1) is 0 Å². The molecule has 0 spiro atoms. The van der Waals surface area contributed by atoms with E-state index in [9.17, 15) is 26.4 Å². The summed E-state index contributed by atoms with van der Waals surface area (Å²) in [7, 11) is -2.95. The van der Waals surface area contributed by atoms with E-state index in [4.69, 9.17) is 9.84 Å². The van der Waals surface area contributed by atoms with E-state index in [0.29, 0.717) is 18.7 Å². The normalized spacial score (nSPS) is 18.9. The second kappa shape index (κ2) is 6.81. The summed E-state index contributed by atoms with van der Waals surface area (Å²) in [4.78, 5) is 10.3. The molecule has 1 saturated heterocycles. The van der Waals surface area contributed by atoms with Gasteiger partial charge in [-0.1, -0.05) is 0 Å². The van der Waals surface area contributed by atoms with Crippen LogP contribution in [0.15, 0.2) is 23.1 Å². The third-order valence-corrected chi connectivity index (χ3v) is 5.36. The predicted octanol–water partition coefficient (Wildman–Crippen LogP) is 1.61. The van der Waals surface area contributed by atoms with Gasteiger partial charge in [-0.05, 0) is 25.1 Å². The Morgan fingerprint density at radius 2 is 2.04 bits per heavy atom. The van der Waals surface area contributed by atoms with Crippen LogP contribution in [0.25, 0.3) is 0 Å². The molecule has 2 N–H and O–H groups in total. The van der Waals surface area contributed by atoms with E-state index in [1.807, 2.05) is 0 Å². The molecule has 0 bridgehead atoms. The van der Waals surface area contributed by atoms with Crippen molar-refractivity contribution < 1.29 is 36.2 Å². The predicted molar refractivity (Wildman–Crippen MR) is 81.7 cm³/mol. The minimum Gasteiger partial charge on any atom is -0.480 e. The molecule has 1 aromatic carbocycles. The van der Waals surface area contributed by atoms with Gasteiger partial charge in [0.2, 0.25) is 10.0 Å². The number of hydrogen-bond donors (Lipinski definition) is 2. The van der Waals surface area contributed by atoms with Crippen molar-refractivity contribution in [3.63, 3.8) is 0 Å². The summed E-state index contributed by atoms with van der Waals surface area (Å²) in [6.07, 6.45) is -5.05. The van der Waals surface area contributed by atoms with Gasteiger partial charge < -0.3 is 15.2 Å². The molecule has 1 aliphatic rings.